The minimum Gasteiger partial charge on any atom is -0.495 e. The molecule has 7 nitrogen and oxygen atoms in total. The van der Waals surface area contributed by atoms with E-state index in [0.717, 1.165) is 12.8 Å². The Morgan fingerprint density at radius 3 is 2.12 bits per heavy atom. The van der Waals surface area contributed by atoms with Crippen LogP contribution in [0.5, 0.6) is 5.75 Å². The fourth-order valence-corrected chi connectivity index (χ4v) is 6.71. The molecule has 0 saturated carbocycles. The molecule has 4 rings (SSSR count). The van der Waals surface area contributed by atoms with Crippen LogP contribution in [0.15, 0.2) is 29.2 Å². The van der Waals surface area contributed by atoms with Crippen molar-refractivity contribution in [2.75, 3.05) is 7.11 Å². The summed E-state index contributed by atoms with van der Waals surface area (Å²) in [4.78, 5) is 25.7. The minimum atomic E-state index is -3.69. The van der Waals surface area contributed by atoms with Gasteiger partial charge in [-0.1, -0.05) is 12.1 Å². The monoisotopic (exact) mass is 378 g/mol. The Balaban J connectivity index is 1.62. The highest BCUT2D eigenvalue weighted by atomic mass is 32.2. The van der Waals surface area contributed by atoms with Gasteiger partial charge in [0.2, 0.25) is 21.8 Å². The van der Waals surface area contributed by atoms with Crippen LogP contribution >= 0.6 is 0 Å². The third kappa shape index (κ3) is 2.63. The molecule has 8 heteroatoms. The topological polar surface area (TPSA) is 84.0 Å². The second-order valence-electron chi connectivity index (χ2n) is 7.15. The van der Waals surface area contributed by atoms with Gasteiger partial charge >= 0.3 is 0 Å². The molecule has 3 heterocycles. The largest absolute Gasteiger partial charge is 0.495 e. The number of rotatable bonds is 4. The Bertz CT molecular complexity index is 823. The number of sulfonamides is 1. The van der Waals surface area contributed by atoms with Gasteiger partial charge in [0.1, 0.15) is 10.6 Å². The molecule has 0 spiro atoms. The third-order valence-electron chi connectivity index (χ3n) is 5.72. The summed E-state index contributed by atoms with van der Waals surface area (Å²) < 4.78 is 33.4. The predicted molar refractivity (Wildman–Crippen MR) is 92.9 cm³/mol. The summed E-state index contributed by atoms with van der Waals surface area (Å²) in [5.41, 5.74) is 0. The molecular weight excluding hydrogens is 356 g/mol. The lowest BCUT2D eigenvalue weighted by atomic mass is 9.98. The van der Waals surface area contributed by atoms with Crippen molar-refractivity contribution in [2.45, 2.75) is 61.5 Å². The van der Waals surface area contributed by atoms with Crippen LogP contribution in [0, 0.1) is 0 Å². The van der Waals surface area contributed by atoms with Crippen LogP contribution in [0.2, 0.25) is 0 Å². The van der Waals surface area contributed by atoms with Gasteiger partial charge in [0.25, 0.3) is 0 Å². The number of para-hydroxylation sites is 1. The van der Waals surface area contributed by atoms with Gasteiger partial charge in [-0.3, -0.25) is 14.5 Å². The Hall–Kier alpha value is -1.93. The number of hydrogen-bond donors (Lipinski definition) is 0. The number of amides is 2. The maximum absolute atomic E-state index is 13.3. The Morgan fingerprint density at radius 2 is 1.54 bits per heavy atom. The van der Waals surface area contributed by atoms with Crippen molar-refractivity contribution < 1.29 is 22.7 Å². The number of benzene rings is 1. The Morgan fingerprint density at radius 1 is 0.962 bits per heavy atom. The zero-order valence-corrected chi connectivity index (χ0v) is 15.4. The molecule has 2 amide bonds. The SMILES string of the molecule is COc1ccccc1S(=O)(=O)N1C2CCC1CC(N1C(=O)CCC1=O)C2. The van der Waals surface area contributed by atoms with E-state index in [1.165, 1.54) is 12.0 Å². The number of likely N-dealkylation sites (tertiary alicyclic amines) is 1. The number of methoxy groups -OCH3 is 1. The van der Waals surface area contributed by atoms with Gasteiger partial charge in [-0.2, -0.15) is 4.31 Å². The molecular formula is C18H22N2O5S. The lowest BCUT2D eigenvalue weighted by Crippen LogP contribution is -2.53. The molecule has 3 aliphatic heterocycles. The summed E-state index contributed by atoms with van der Waals surface area (Å²) in [6, 6.07) is 6.08. The second kappa shape index (κ2) is 6.35. The first-order valence-electron chi connectivity index (χ1n) is 8.95. The van der Waals surface area contributed by atoms with E-state index in [4.69, 9.17) is 4.74 Å². The summed E-state index contributed by atoms with van der Waals surface area (Å²) in [5, 5.41) is 0. The van der Waals surface area contributed by atoms with Crippen LogP contribution in [0.4, 0.5) is 0 Å². The maximum Gasteiger partial charge on any atom is 0.247 e. The van der Waals surface area contributed by atoms with Crippen molar-refractivity contribution in [3.63, 3.8) is 0 Å². The lowest BCUT2D eigenvalue weighted by Gasteiger charge is -2.40. The molecule has 26 heavy (non-hydrogen) atoms. The van der Waals surface area contributed by atoms with Crippen molar-refractivity contribution >= 4 is 21.8 Å². The average Bonchev–Trinajstić information content (AvgIpc) is 3.11. The van der Waals surface area contributed by atoms with Crippen molar-refractivity contribution in [1.82, 2.24) is 9.21 Å². The van der Waals surface area contributed by atoms with Gasteiger partial charge in [-0.25, -0.2) is 8.42 Å². The minimum absolute atomic E-state index is 0.125. The summed E-state index contributed by atoms with van der Waals surface area (Å²) in [5.74, 6) is 0.0831. The number of ether oxygens (including phenoxy) is 1. The second-order valence-corrected chi connectivity index (χ2v) is 8.97. The standard InChI is InChI=1S/C18H22N2O5S/c1-25-15-4-2-3-5-16(15)26(23,24)20-12-6-7-13(20)11-14(10-12)19-17(21)8-9-18(19)22/h2-5,12-14H,6-11H2,1H3. The number of hydrogen-bond acceptors (Lipinski definition) is 5. The number of fused-ring (bicyclic) bond motifs is 2. The predicted octanol–water partition coefficient (Wildman–Crippen LogP) is 1.53. The smallest absolute Gasteiger partial charge is 0.247 e. The summed E-state index contributed by atoms with van der Waals surface area (Å²) in [6.07, 6.45) is 3.09. The van der Waals surface area contributed by atoms with Gasteiger partial charge < -0.3 is 4.74 Å². The summed E-state index contributed by atoms with van der Waals surface area (Å²) in [6.45, 7) is 0. The quantitative estimate of drug-likeness (QED) is 0.742. The highest BCUT2D eigenvalue weighted by Crippen LogP contribution is 2.43. The molecule has 2 atom stereocenters. The highest BCUT2D eigenvalue weighted by molar-refractivity contribution is 7.89. The lowest BCUT2D eigenvalue weighted by molar-refractivity contribution is -0.142. The zero-order chi connectivity index (χ0) is 18.5. The van der Waals surface area contributed by atoms with E-state index in [9.17, 15) is 18.0 Å². The first kappa shape index (κ1) is 17.5. The fourth-order valence-electron chi connectivity index (χ4n) is 4.66. The molecule has 0 N–H and O–H groups in total. The van der Waals surface area contributed by atoms with Gasteiger partial charge in [0.15, 0.2) is 0 Å². The molecule has 3 aliphatic rings. The molecule has 0 aromatic heterocycles. The van der Waals surface area contributed by atoms with E-state index < -0.39 is 10.0 Å². The van der Waals surface area contributed by atoms with Crippen LogP contribution in [0.25, 0.3) is 0 Å². The number of nitrogens with zero attached hydrogens (tertiary/aromatic N) is 2. The number of carbonyl (C=O) groups excluding carboxylic acids is 2. The third-order valence-corrected chi connectivity index (χ3v) is 7.77. The molecule has 0 aliphatic carbocycles. The molecule has 3 fully saturated rings. The molecule has 2 bridgehead atoms. The van der Waals surface area contributed by atoms with Crippen molar-refractivity contribution in [2.24, 2.45) is 0 Å². The van der Waals surface area contributed by atoms with Crippen molar-refractivity contribution in [1.29, 1.82) is 0 Å². The molecule has 1 aromatic carbocycles. The molecule has 2 unspecified atom stereocenters. The van der Waals surface area contributed by atoms with Gasteiger partial charge in [-0.15, -0.1) is 0 Å². The number of imide groups is 1. The van der Waals surface area contributed by atoms with E-state index in [2.05, 4.69) is 0 Å². The molecule has 3 saturated heterocycles. The Labute approximate surface area is 153 Å². The van der Waals surface area contributed by atoms with Gasteiger partial charge in [0.05, 0.1) is 7.11 Å². The van der Waals surface area contributed by atoms with E-state index in [1.807, 2.05) is 0 Å². The van der Waals surface area contributed by atoms with Crippen LogP contribution in [0.3, 0.4) is 0 Å². The number of carbonyl (C=O) groups is 2. The van der Waals surface area contributed by atoms with Crippen LogP contribution in [0.1, 0.15) is 38.5 Å². The van der Waals surface area contributed by atoms with E-state index in [-0.39, 0.29) is 47.7 Å². The average molecular weight is 378 g/mol. The Kier molecular flexibility index (Phi) is 4.27. The van der Waals surface area contributed by atoms with Crippen molar-refractivity contribution in [3.05, 3.63) is 24.3 Å². The summed E-state index contributed by atoms with van der Waals surface area (Å²) in [7, 11) is -2.24. The maximum atomic E-state index is 13.3. The van der Waals surface area contributed by atoms with E-state index in [0.29, 0.717) is 18.6 Å². The van der Waals surface area contributed by atoms with E-state index in [1.54, 1.807) is 28.6 Å². The van der Waals surface area contributed by atoms with Crippen LogP contribution in [-0.2, 0) is 19.6 Å². The molecule has 140 valence electrons. The summed E-state index contributed by atoms with van der Waals surface area (Å²) >= 11 is 0. The van der Waals surface area contributed by atoms with Crippen LogP contribution < -0.4 is 4.74 Å². The zero-order valence-electron chi connectivity index (χ0n) is 14.6. The molecule has 1 aromatic rings. The molecule has 0 radical (unpaired) electrons. The first-order valence-corrected chi connectivity index (χ1v) is 10.4. The first-order chi connectivity index (χ1) is 12.4. The normalized spacial score (nSPS) is 29.4. The fraction of sp³-hybridized carbons (Fsp3) is 0.556. The van der Waals surface area contributed by atoms with Gasteiger partial charge in [0, 0.05) is 31.0 Å². The van der Waals surface area contributed by atoms with Crippen LogP contribution in [-0.4, -0.2) is 54.7 Å². The highest BCUT2D eigenvalue weighted by Gasteiger charge is 2.50. The number of piperidine rings is 1. The van der Waals surface area contributed by atoms with E-state index >= 15 is 0 Å². The van der Waals surface area contributed by atoms with Gasteiger partial charge in [-0.05, 0) is 37.8 Å². The van der Waals surface area contributed by atoms with Crippen molar-refractivity contribution in [3.8, 4) is 5.75 Å².